The SMILES string of the molecule is CN(CC1(C#N)CC1)C1CC1(C)C. The van der Waals surface area contributed by atoms with Gasteiger partial charge >= 0.3 is 0 Å². The lowest BCUT2D eigenvalue weighted by Gasteiger charge is -2.20. The molecule has 0 bridgehead atoms. The Morgan fingerprint density at radius 2 is 2.00 bits per heavy atom. The maximum absolute atomic E-state index is 8.96. The largest absolute Gasteiger partial charge is 0.301 e. The van der Waals surface area contributed by atoms with Crippen molar-refractivity contribution in [1.82, 2.24) is 4.90 Å². The second-order valence-corrected chi connectivity index (χ2v) is 5.52. The van der Waals surface area contributed by atoms with Crippen LogP contribution in [0.2, 0.25) is 0 Å². The fraction of sp³-hybridized carbons (Fsp3) is 0.909. The first kappa shape index (κ1) is 9.02. The normalized spacial score (nSPS) is 32.7. The summed E-state index contributed by atoms with van der Waals surface area (Å²) in [5, 5.41) is 8.96. The zero-order chi connectivity index (χ0) is 9.69. The summed E-state index contributed by atoms with van der Waals surface area (Å²) in [4.78, 5) is 2.39. The van der Waals surface area contributed by atoms with E-state index < -0.39 is 0 Å². The van der Waals surface area contributed by atoms with Crippen molar-refractivity contribution >= 4 is 0 Å². The van der Waals surface area contributed by atoms with Crippen molar-refractivity contribution in [2.45, 2.75) is 39.2 Å². The Bertz CT molecular complexity index is 258. The molecule has 0 saturated heterocycles. The molecule has 0 aromatic carbocycles. The maximum atomic E-state index is 8.96. The second-order valence-electron chi connectivity index (χ2n) is 5.52. The highest BCUT2D eigenvalue weighted by Gasteiger charge is 2.52. The first-order chi connectivity index (χ1) is 5.99. The van der Waals surface area contributed by atoms with Crippen LogP contribution in [0, 0.1) is 22.2 Å². The lowest BCUT2D eigenvalue weighted by Crippen LogP contribution is -2.30. The summed E-state index contributed by atoms with van der Waals surface area (Å²) >= 11 is 0. The van der Waals surface area contributed by atoms with E-state index in [-0.39, 0.29) is 5.41 Å². The fourth-order valence-corrected chi connectivity index (χ4v) is 2.24. The third-order valence-electron chi connectivity index (χ3n) is 3.64. The van der Waals surface area contributed by atoms with Crippen molar-refractivity contribution in [3.05, 3.63) is 0 Å². The molecule has 1 unspecified atom stereocenters. The third kappa shape index (κ3) is 1.58. The number of hydrogen-bond donors (Lipinski definition) is 0. The smallest absolute Gasteiger partial charge is 0.0703 e. The molecule has 1 atom stereocenters. The average Bonchev–Trinajstić information content (AvgIpc) is 2.90. The zero-order valence-electron chi connectivity index (χ0n) is 8.80. The van der Waals surface area contributed by atoms with Gasteiger partial charge in [-0.2, -0.15) is 5.26 Å². The average molecular weight is 178 g/mol. The minimum absolute atomic E-state index is 0.0351. The van der Waals surface area contributed by atoms with Gasteiger partial charge in [0.15, 0.2) is 0 Å². The van der Waals surface area contributed by atoms with Gasteiger partial charge in [0, 0.05) is 12.6 Å². The molecule has 72 valence electrons. The number of nitrogens with zero attached hydrogens (tertiary/aromatic N) is 2. The predicted molar refractivity (Wildman–Crippen MR) is 52.1 cm³/mol. The van der Waals surface area contributed by atoms with Gasteiger partial charge in [-0.15, -0.1) is 0 Å². The molecule has 2 heteroatoms. The molecule has 2 nitrogen and oxygen atoms in total. The Hall–Kier alpha value is -0.550. The van der Waals surface area contributed by atoms with E-state index in [0.29, 0.717) is 5.41 Å². The van der Waals surface area contributed by atoms with E-state index in [2.05, 4.69) is 31.9 Å². The Morgan fingerprint density at radius 1 is 1.46 bits per heavy atom. The van der Waals surface area contributed by atoms with Crippen LogP contribution in [-0.4, -0.2) is 24.5 Å². The summed E-state index contributed by atoms with van der Waals surface area (Å²) in [5.41, 5.74) is 0.535. The molecule has 0 heterocycles. The Morgan fingerprint density at radius 3 is 2.31 bits per heavy atom. The molecular formula is C11H18N2. The van der Waals surface area contributed by atoms with Crippen LogP contribution in [0.15, 0.2) is 0 Å². The van der Waals surface area contributed by atoms with E-state index in [1.165, 1.54) is 6.42 Å². The molecule has 2 fully saturated rings. The summed E-state index contributed by atoms with van der Waals surface area (Å²) in [5.74, 6) is 0. The van der Waals surface area contributed by atoms with E-state index in [9.17, 15) is 0 Å². The summed E-state index contributed by atoms with van der Waals surface area (Å²) in [6.07, 6.45) is 3.52. The quantitative estimate of drug-likeness (QED) is 0.661. The van der Waals surface area contributed by atoms with Crippen LogP contribution < -0.4 is 0 Å². The molecule has 0 radical (unpaired) electrons. The van der Waals surface area contributed by atoms with Crippen LogP contribution in [0.25, 0.3) is 0 Å². The van der Waals surface area contributed by atoms with E-state index >= 15 is 0 Å². The molecule has 0 amide bonds. The summed E-state index contributed by atoms with van der Waals surface area (Å²) in [7, 11) is 2.16. The Kier molecular flexibility index (Phi) is 1.72. The van der Waals surface area contributed by atoms with E-state index in [0.717, 1.165) is 25.4 Å². The van der Waals surface area contributed by atoms with Crippen molar-refractivity contribution in [1.29, 1.82) is 5.26 Å². The highest BCUT2D eigenvalue weighted by Crippen LogP contribution is 2.51. The lowest BCUT2D eigenvalue weighted by atomic mass is 10.1. The molecule has 2 aliphatic carbocycles. The highest BCUT2D eigenvalue weighted by atomic mass is 15.2. The van der Waals surface area contributed by atoms with Gasteiger partial charge in [-0.25, -0.2) is 0 Å². The first-order valence-corrected chi connectivity index (χ1v) is 5.11. The minimum atomic E-state index is 0.0351. The highest BCUT2D eigenvalue weighted by molar-refractivity contribution is 5.13. The third-order valence-corrected chi connectivity index (χ3v) is 3.64. The van der Waals surface area contributed by atoms with Crippen molar-refractivity contribution in [3.8, 4) is 6.07 Å². The summed E-state index contributed by atoms with van der Waals surface area (Å²) in [6, 6.07) is 3.17. The summed E-state index contributed by atoms with van der Waals surface area (Å²) < 4.78 is 0. The monoisotopic (exact) mass is 178 g/mol. The summed E-state index contributed by atoms with van der Waals surface area (Å²) in [6.45, 7) is 5.60. The Balaban J connectivity index is 1.87. The van der Waals surface area contributed by atoms with E-state index in [1.54, 1.807) is 0 Å². The molecule has 2 saturated carbocycles. The van der Waals surface area contributed by atoms with Gasteiger partial charge in [0.05, 0.1) is 11.5 Å². The molecule has 13 heavy (non-hydrogen) atoms. The number of hydrogen-bond acceptors (Lipinski definition) is 2. The van der Waals surface area contributed by atoms with Crippen LogP contribution in [0.3, 0.4) is 0 Å². The minimum Gasteiger partial charge on any atom is -0.301 e. The van der Waals surface area contributed by atoms with E-state index in [1.807, 2.05) is 0 Å². The van der Waals surface area contributed by atoms with Crippen LogP contribution in [0.5, 0.6) is 0 Å². The van der Waals surface area contributed by atoms with E-state index in [4.69, 9.17) is 5.26 Å². The van der Waals surface area contributed by atoms with Gasteiger partial charge in [-0.1, -0.05) is 13.8 Å². The fourth-order valence-electron chi connectivity index (χ4n) is 2.24. The zero-order valence-corrected chi connectivity index (χ0v) is 8.80. The van der Waals surface area contributed by atoms with Crippen molar-refractivity contribution in [2.24, 2.45) is 10.8 Å². The van der Waals surface area contributed by atoms with Crippen LogP contribution in [0.4, 0.5) is 0 Å². The van der Waals surface area contributed by atoms with Crippen LogP contribution in [0.1, 0.15) is 33.1 Å². The van der Waals surface area contributed by atoms with Crippen molar-refractivity contribution in [2.75, 3.05) is 13.6 Å². The molecule has 0 aromatic rings. The van der Waals surface area contributed by atoms with Crippen LogP contribution >= 0.6 is 0 Å². The maximum Gasteiger partial charge on any atom is 0.0703 e. The number of nitriles is 1. The van der Waals surface area contributed by atoms with Gasteiger partial charge in [0.1, 0.15) is 0 Å². The Labute approximate surface area is 80.5 Å². The molecule has 0 N–H and O–H groups in total. The van der Waals surface area contributed by atoms with Crippen molar-refractivity contribution < 1.29 is 0 Å². The molecule has 2 rings (SSSR count). The van der Waals surface area contributed by atoms with Gasteiger partial charge in [-0.05, 0) is 31.7 Å². The predicted octanol–water partition coefficient (Wildman–Crippen LogP) is 2.02. The first-order valence-electron chi connectivity index (χ1n) is 5.11. The molecule has 2 aliphatic rings. The molecular weight excluding hydrogens is 160 g/mol. The van der Waals surface area contributed by atoms with Gasteiger partial charge < -0.3 is 4.90 Å². The molecule has 0 aliphatic heterocycles. The van der Waals surface area contributed by atoms with Gasteiger partial charge in [-0.3, -0.25) is 0 Å². The van der Waals surface area contributed by atoms with Gasteiger partial charge in [0.2, 0.25) is 0 Å². The molecule has 0 aromatic heterocycles. The second kappa shape index (κ2) is 2.48. The number of rotatable bonds is 3. The van der Waals surface area contributed by atoms with Gasteiger partial charge in [0.25, 0.3) is 0 Å². The topological polar surface area (TPSA) is 27.0 Å². The molecule has 0 spiro atoms. The van der Waals surface area contributed by atoms with Crippen molar-refractivity contribution in [3.63, 3.8) is 0 Å². The van der Waals surface area contributed by atoms with Crippen LogP contribution in [-0.2, 0) is 0 Å². The standard InChI is InChI=1S/C11H18N2/c1-10(2)6-9(10)13(3)8-11(7-12)4-5-11/h9H,4-6,8H2,1-3H3. The lowest BCUT2D eigenvalue weighted by molar-refractivity contribution is 0.255.